The Balaban J connectivity index is 0.000000163. The van der Waals surface area contributed by atoms with Crippen molar-refractivity contribution in [3.63, 3.8) is 0 Å². The van der Waals surface area contributed by atoms with Crippen LogP contribution in [0.2, 0.25) is 0 Å². The summed E-state index contributed by atoms with van der Waals surface area (Å²) in [6.07, 6.45) is 5.24. The lowest BCUT2D eigenvalue weighted by Gasteiger charge is -2.17. The van der Waals surface area contributed by atoms with Gasteiger partial charge in [-0.2, -0.15) is 0 Å². The Morgan fingerprint density at radius 1 is 0.547 bits per heavy atom. The number of rotatable bonds is 13. The molecular weight excluding hydrogens is 803 g/mol. The third-order valence-corrected chi connectivity index (χ3v) is 13.1. The molecule has 64 heavy (non-hydrogen) atoms. The second-order valence-corrected chi connectivity index (χ2v) is 17.3. The van der Waals surface area contributed by atoms with Crippen molar-refractivity contribution in [2.45, 2.75) is 83.1 Å². The molecule has 0 saturated heterocycles. The first kappa shape index (κ1) is 42.4. The summed E-state index contributed by atoms with van der Waals surface area (Å²) in [4.78, 5) is 38.1. The molecule has 4 N–H and O–H groups in total. The lowest BCUT2D eigenvalue weighted by atomic mass is 9.94. The highest BCUT2D eigenvalue weighted by molar-refractivity contribution is 6.03. The van der Waals surface area contributed by atoms with Crippen molar-refractivity contribution < 1.29 is 33.3 Å². The number of fused-ring (bicyclic) bond motifs is 2. The summed E-state index contributed by atoms with van der Waals surface area (Å²) in [5.74, 6) is 3.20. The molecule has 2 amide bonds. The Hall–Kier alpha value is -6.91. The smallest absolute Gasteiger partial charge is 0.235 e. The van der Waals surface area contributed by atoms with Crippen molar-refractivity contribution in [3.05, 3.63) is 155 Å². The maximum absolute atomic E-state index is 13.3. The van der Waals surface area contributed by atoms with Crippen molar-refractivity contribution in [1.82, 2.24) is 0 Å². The maximum Gasteiger partial charge on any atom is 0.235 e. The molecule has 0 aromatic heterocycles. The van der Waals surface area contributed by atoms with Gasteiger partial charge in [0.1, 0.15) is 5.78 Å². The lowest BCUT2D eigenvalue weighted by Crippen LogP contribution is -2.27. The molecule has 0 spiro atoms. The van der Waals surface area contributed by atoms with Crippen LogP contribution in [0.5, 0.6) is 23.0 Å². The van der Waals surface area contributed by atoms with Crippen LogP contribution in [0, 0.1) is 13.8 Å². The van der Waals surface area contributed by atoms with Gasteiger partial charge >= 0.3 is 0 Å². The fraction of sp³-hybridized carbons (Fsp3) is 0.278. The van der Waals surface area contributed by atoms with E-state index in [1.165, 1.54) is 0 Å². The lowest BCUT2D eigenvalue weighted by molar-refractivity contribution is -0.119. The Kier molecular flexibility index (Phi) is 11.7. The zero-order valence-electron chi connectivity index (χ0n) is 36.6. The number of nitrogens with one attached hydrogen (secondary N) is 2. The molecule has 2 saturated carbocycles. The minimum Gasteiger partial charge on any atom is -0.454 e. The van der Waals surface area contributed by atoms with Crippen molar-refractivity contribution in [2.24, 2.45) is 5.73 Å². The summed E-state index contributed by atoms with van der Waals surface area (Å²) >= 11 is 0. The zero-order chi connectivity index (χ0) is 44.4. The van der Waals surface area contributed by atoms with E-state index in [0.717, 1.165) is 111 Å². The Morgan fingerprint density at radius 3 is 1.41 bits per heavy atom. The molecule has 2 fully saturated rings. The summed E-state index contributed by atoms with van der Waals surface area (Å²) in [6.45, 7) is 7.03. The first-order chi connectivity index (χ1) is 31.1. The standard InChI is InChI=1S/C29H29NO4.C25H24N2O3/c1-3-24(31)12-7-20-5-8-21(9-6-20)25-17-23(11-4-19(25)2)30-28(32)29(14-15-29)22-10-13-26-27(16-22)34-18-33-26;1-16-2-8-20(13-21(16)18-5-3-17(14-26)4-6-18)27-24(28)25(10-11-25)19-7-9-22-23(12-19)30-15-29-22/h4-6,8-11,13,16-17H,3,7,12,14-15,18H2,1-2H3,(H,30,32);2-9,12-13H,10-11,14-15,26H2,1H3,(H,27,28). The number of amides is 2. The van der Waals surface area contributed by atoms with Crippen LogP contribution in [0.3, 0.4) is 0 Å². The van der Waals surface area contributed by atoms with Gasteiger partial charge in [0.25, 0.3) is 0 Å². The Labute approximate surface area is 374 Å². The highest BCUT2D eigenvalue weighted by atomic mass is 16.7. The molecule has 326 valence electrons. The van der Waals surface area contributed by atoms with Gasteiger partial charge in [-0.1, -0.05) is 79.7 Å². The third kappa shape index (κ3) is 8.70. The van der Waals surface area contributed by atoms with E-state index in [4.69, 9.17) is 24.7 Å². The molecule has 2 aliphatic carbocycles. The quantitative estimate of drug-likeness (QED) is 0.104. The van der Waals surface area contributed by atoms with Crippen LogP contribution < -0.4 is 35.3 Å². The van der Waals surface area contributed by atoms with Gasteiger partial charge in [0.2, 0.25) is 25.4 Å². The summed E-state index contributed by atoms with van der Waals surface area (Å²) in [5.41, 5.74) is 17.2. The molecule has 6 aromatic rings. The summed E-state index contributed by atoms with van der Waals surface area (Å²) < 4.78 is 21.8. The van der Waals surface area contributed by atoms with Gasteiger partial charge in [-0.05, 0) is 150 Å². The number of Topliss-reactive ketones (excluding diaryl/α,β-unsaturated/α-hetero) is 1. The van der Waals surface area contributed by atoms with Crippen LogP contribution in [-0.2, 0) is 38.2 Å². The minimum absolute atomic E-state index is 0.0112. The van der Waals surface area contributed by atoms with E-state index in [1.807, 2.05) is 91.9 Å². The van der Waals surface area contributed by atoms with Crippen LogP contribution in [0.4, 0.5) is 11.4 Å². The average Bonchev–Trinajstić information content (AvgIpc) is 4.22. The number of benzene rings is 6. The fourth-order valence-electron chi connectivity index (χ4n) is 8.59. The fourth-order valence-corrected chi connectivity index (χ4v) is 8.59. The van der Waals surface area contributed by atoms with E-state index >= 15 is 0 Å². The predicted octanol–water partition coefficient (Wildman–Crippen LogP) is 10.5. The van der Waals surface area contributed by atoms with Gasteiger partial charge in [0, 0.05) is 30.8 Å². The molecule has 0 radical (unpaired) electrons. The number of anilines is 2. The molecular formula is C54H53N3O7. The second-order valence-electron chi connectivity index (χ2n) is 17.3. The number of hydrogen-bond acceptors (Lipinski definition) is 8. The molecule has 2 heterocycles. The molecule has 10 nitrogen and oxygen atoms in total. The monoisotopic (exact) mass is 855 g/mol. The second kappa shape index (κ2) is 17.7. The van der Waals surface area contributed by atoms with E-state index in [9.17, 15) is 14.4 Å². The van der Waals surface area contributed by atoms with Gasteiger partial charge in [0.05, 0.1) is 10.8 Å². The number of hydrogen-bond donors (Lipinski definition) is 3. The SMILES string of the molecule is CCC(=O)CCc1ccc(-c2cc(NC(=O)C3(c4ccc5c(c4)OCO5)CC3)ccc2C)cc1.Cc1ccc(NC(=O)C2(c3ccc4c(c3)OCO4)CC2)cc1-c1ccc(CN)cc1. The highest BCUT2D eigenvalue weighted by Gasteiger charge is 2.52. The van der Waals surface area contributed by atoms with E-state index in [1.54, 1.807) is 0 Å². The summed E-state index contributed by atoms with van der Waals surface area (Å²) in [6, 6.07) is 40.3. The number of aryl methyl sites for hydroxylation is 3. The molecule has 0 unspecified atom stereocenters. The van der Waals surface area contributed by atoms with E-state index in [2.05, 4.69) is 60.9 Å². The molecule has 0 atom stereocenters. The average molecular weight is 856 g/mol. The largest absolute Gasteiger partial charge is 0.454 e. The van der Waals surface area contributed by atoms with Gasteiger partial charge in [-0.15, -0.1) is 0 Å². The maximum atomic E-state index is 13.3. The Morgan fingerprint density at radius 2 is 0.984 bits per heavy atom. The third-order valence-electron chi connectivity index (χ3n) is 13.1. The molecule has 2 aliphatic heterocycles. The van der Waals surface area contributed by atoms with Crippen LogP contribution in [-0.4, -0.2) is 31.2 Å². The number of ether oxygens (including phenoxy) is 4. The first-order valence-electron chi connectivity index (χ1n) is 22.1. The number of carbonyl (C=O) groups is 3. The van der Waals surface area contributed by atoms with Gasteiger partial charge in [-0.3, -0.25) is 14.4 Å². The molecule has 10 rings (SSSR count). The number of ketones is 1. The van der Waals surface area contributed by atoms with Gasteiger partial charge < -0.3 is 35.3 Å². The summed E-state index contributed by atoms with van der Waals surface area (Å²) in [5, 5.41) is 6.29. The van der Waals surface area contributed by atoms with Crippen LogP contribution in [0.15, 0.2) is 121 Å². The number of carbonyl (C=O) groups excluding carboxylic acids is 3. The molecule has 0 bridgehead atoms. The predicted molar refractivity (Wildman–Crippen MR) is 249 cm³/mol. The minimum atomic E-state index is -0.510. The normalized spacial score (nSPS) is 15.4. The molecule has 10 heteroatoms. The Bertz CT molecular complexity index is 2740. The molecule has 6 aromatic carbocycles. The van der Waals surface area contributed by atoms with E-state index in [-0.39, 0.29) is 31.2 Å². The number of nitrogens with two attached hydrogens (primary N) is 1. The highest BCUT2D eigenvalue weighted by Crippen LogP contribution is 2.52. The van der Waals surface area contributed by atoms with Crippen molar-refractivity contribution in [3.8, 4) is 45.3 Å². The van der Waals surface area contributed by atoms with E-state index in [0.29, 0.717) is 30.9 Å². The van der Waals surface area contributed by atoms with E-state index < -0.39 is 10.8 Å². The van der Waals surface area contributed by atoms with Crippen LogP contribution in [0.1, 0.15) is 78.8 Å². The van der Waals surface area contributed by atoms with Crippen molar-refractivity contribution in [1.29, 1.82) is 0 Å². The van der Waals surface area contributed by atoms with Crippen molar-refractivity contribution >= 4 is 29.0 Å². The molecule has 4 aliphatic rings. The zero-order valence-corrected chi connectivity index (χ0v) is 36.6. The summed E-state index contributed by atoms with van der Waals surface area (Å²) in [7, 11) is 0. The van der Waals surface area contributed by atoms with Crippen LogP contribution >= 0.6 is 0 Å². The van der Waals surface area contributed by atoms with Gasteiger partial charge in [-0.25, -0.2) is 0 Å². The van der Waals surface area contributed by atoms with Gasteiger partial charge in [0.15, 0.2) is 23.0 Å². The topological polar surface area (TPSA) is 138 Å². The first-order valence-corrected chi connectivity index (χ1v) is 22.1. The van der Waals surface area contributed by atoms with Crippen LogP contribution in [0.25, 0.3) is 22.3 Å². The van der Waals surface area contributed by atoms with Crippen molar-refractivity contribution in [2.75, 3.05) is 24.2 Å².